The van der Waals surface area contributed by atoms with Gasteiger partial charge in [-0.2, -0.15) is 0 Å². The van der Waals surface area contributed by atoms with Gasteiger partial charge in [0.15, 0.2) is 5.57 Å². The predicted octanol–water partition coefficient (Wildman–Crippen LogP) is 1.92. The molecule has 0 saturated heterocycles. The van der Waals surface area contributed by atoms with E-state index in [2.05, 4.69) is 21.2 Å². The molecule has 7 heteroatoms. The first-order chi connectivity index (χ1) is 8.45. The zero-order valence-corrected chi connectivity index (χ0v) is 10.9. The van der Waals surface area contributed by atoms with Crippen LogP contribution in [0, 0.1) is 0 Å². The molecule has 0 atom stereocenters. The fraction of sp³-hybridized carbons (Fsp3) is 0.0909. The summed E-state index contributed by atoms with van der Waals surface area (Å²) in [6.07, 6.45) is 0.907. The Balaban J connectivity index is 3.00. The first kappa shape index (κ1) is 14.0. The molecule has 18 heavy (non-hydrogen) atoms. The van der Waals surface area contributed by atoms with Crippen LogP contribution < -0.4 is 10.1 Å². The van der Waals surface area contributed by atoms with Crippen molar-refractivity contribution < 1.29 is 24.5 Å². The van der Waals surface area contributed by atoms with E-state index in [-0.39, 0.29) is 0 Å². The number of rotatable bonds is 5. The molecule has 6 nitrogen and oxygen atoms in total. The summed E-state index contributed by atoms with van der Waals surface area (Å²) in [4.78, 5) is 21.3. The lowest BCUT2D eigenvalue weighted by atomic mass is 10.2. The van der Waals surface area contributed by atoms with Crippen LogP contribution in [0.25, 0.3) is 0 Å². The summed E-state index contributed by atoms with van der Waals surface area (Å²) in [5.41, 5.74) is -0.265. The third-order valence-electron chi connectivity index (χ3n) is 2.01. The van der Waals surface area contributed by atoms with Gasteiger partial charge in [-0.15, -0.1) is 0 Å². The lowest BCUT2D eigenvalue weighted by molar-refractivity contribution is -0.140. The number of carboxylic acids is 2. The Bertz CT molecular complexity index is 496. The maximum Gasteiger partial charge on any atom is 0.344 e. The number of hydrogen-bond donors (Lipinski definition) is 3. The van der Waals surface area contributed by atoms with Crippen molar-refractivity contribution >= 4 is 33.6 Å². The molecule has 0 bridgehead atoms. The number of methoxy groups -OCH3 is 1. The topological polar surface area (TPSA) is 95.9 Å². The van der Waals surface area contributed by atoms with E-state index in [4.69, 9.17) is 14.9 Å². The molecule has 1 aromatic carbocycles. The van der Waals surface area contributed by atoms with Crippen LogP contribution in [0.1, 0.15) is 0 Å². The number of carbonyl (C=O) groups is 2. The van der Waals surface area contributed by atoms with Crippen LogP contribution in [0.5, 0.6) is 5.75 Å². The Morgan fingerprint density at radius 2 is 1.94 bits per heavy atom. The standard InChI is InChI=1S/C11H10BrNO5/c1-18-6-2-3-8(12)9(4-6)13-5-7(10(14)15)11(16)17/h2-5,13H,1H3,(H,14,15)(H,16,17). The SMILES string of the molecule is COc1ccc(Br)c(NC=C(C(=O)O)C(=O)O)c1. The molecule has 3 N–H and O–H groups in total. The largest absolute Gasteiger partial charge is 0.497 e. The Kier molecular flexibility index (Phi) is 4.73. The number of benzene rings is 1. The van der Waals surface area contributed by atoms with Crippen LogP contribution >= 0.6 is 15.9 Å². The van der Waals surface area contributed by atoms with Crippen LogP contribution in [0.15, 0.2) is 34.4 Å². The summed E-state index contributed by atoms with van der Waals surface area (Å²) in [5.74, 6) is -2.48. The zero-order valence-electron chi connectivity index (χ0n) is 9.31. The van der Waals surface area contributed by atoms with Gasteiger partial charge in [0.2, 0.25) is 0 Å². The van der Waals surface area contributed by atoms with Gasteiger partial charge >= 0.3 is 11.9 Å². The molecule has 0 aliphatic heterocycles. The highest BCUT2D eigenvalue weighted by Crippen LogP contribution is 2.27. The molecule has 1 rings (SSSR count). The first-order valence-electron chi connectivity index (χ1n) is 4.72. The van der Waals surface area contributed by atoms with Gasteiger partial charge in [-0.3, -0.25) is 0 Å². The van der Waals surface area contributed by atoms with Crippen LogP contribution in [-0.4, -0.2) is 29.3 Å². The summed E-state index contributed by atoms with van der Waals surface area (Å²) < 4.78 is 5.65. The Morgan fingerprint density at radius 3 is 2.44 bits per heavy atom. The number of hydrogen-bond acceptors (Lipinski definition) is 4. The summed E-state index contributed by atoms with van der Waals surface area (Å²) in [6, 6.07) is 4.99. The minimum atomic E-state index is -1.52. The van der Waals surface area contributed by atoms with Gasteiger partial charge in [0.1, 0.15) is 5.75 Å². The van der Waals surface area contributed by atoms with Gasteiger partial charge in [-0.05, 0) is 28.1 Å². The number of aliphatic carboxylic acids is 2. The Morgan fingerprint density at radius 1 is 1.33 bits per heavy atom. The smallest absolute Gasteiger partial charge is 0.344 e. The van der Waals surface area contributed by atoms with E-state index in [0.29, 0.717) is 15.9 Å². The van der Waals surface area contributed by atoms with Crippen molar-refractivity contribution in [2.24, 2.45) is 0 Å². The Labute approximate surface area is 111 Å². The van der Waals surface area contributed by atoms with Crippen LogP contribution in [0.3, 0.4) is 0 Å². The molecule has 0 unspecified atom stereocenters. The molecule has 1 aromatic rings. The summed E-state index contributed by atoms with van der Waals surface area (Å²) in [7, 11) is 1.49. The first-order valence-corrected chi connectivity index (χ1v) is 5.52. The average Bonchev–Trinajstić information content (AvgIpc) is 2.30. The van der Waals surface area contributed by atoms with Crippen molar-refractivity contribution in [3.05, 3.63) is 34.4 Å². The lowest BCUT2D eigenvalue weighted by Gasteiger charge is -2.07. The normalized spacial score (nSPS) is 9.44. The minimum absolute atomic E-state index is 0.495. The van der Waals surface area contributed by atoms with Crippen molar-refractivity contribution in [3.63, 3.8) is 0 Å². The van der Waals surface area contributed by atoms with Gasteiger partial charge in [0, 0.05) is 16.7 Å². The highest BCUT2D eigenvalue weighted by Gasteiger charge is 2.15. The van der Waals surface area contributed by atoms with Crippen LogP contribution in [-0.2, 0) is 9.59 Å². The molecule has 0 aliphatic carbocycles. The van der Waals surface area contributed by atoms with Gasteiger partial charge in [0.05, 0.1) is 12.8 Å². The maximum absolute atomic E-state index is 10.6. The predicted molar refractivity (Wildman–Crippen MR) is 67.7 cm³/mol. The highest BCUT2D eigenvalue weighted by molar-refractivity contribution is 9.10. The quantitative estimate of drug-likeness (QED) is 0.436. The van der Waals surface area contributed by atoms with Gasteiger partial charge in [-0.1, -0.05) is 0 Å². The summed E-state index contributed by atoms with van der Waals surface area (Å²) in [5, 5.41) is 19.9. The van der Waals surface area contributed by atoms with Crippen LogP contribution in [0.4, 0.5) is 5.69 Å². The Hall–Kier alpha value is -2.02. The van der Waals surface area contributed by atoms with Crippen molar-refractivity contribution in [3.8, 4) is 5.75 Å². The number of carboxylic acid groups (broad SMARTS) is 2. The van der Waals surface area contributed by atoms with Crippen molar-refractivity contribution in [1.29, 1.82) is 0 Å². The summed E-state index contributed by atoms with van der Waals surface area (Å²) in [6.45, 7) is 0. The van der Waals surface area contributed by atoms with E-state index in [1.165, 1.54) is 7.11 Å². The average molecular weight is 316 g/mol. The molecule has 0 radical (unpaired) electrons. The van der Waals surface area contributed by atoms with E-state index < -0.39 is 17.5 Å². The lowest BCUT2D eigenvalue weighted by Crippen LogP contribution is -2.12. The van der Waals surface area contributed by atoms with Crippen molar-refractivity contribution in [1.82, 2.24) is 0 Å². The number of nitrogens with one attached hydrogen (secondary N) is 1. The molecule has 0 aromatic heterocycles. The molecule has 0 fully saturated rings. The van der Waals surface area contributed by atoms with Gasteiger partial charge < -0.3 is 20.3 Å². The van der Waals surface area contributed by atoms with Gasteiger partial charge in [0.25, 0.3) is 0 Å². The van der Waals surface area contributed by atoms with E-state index in [0.717, 1.165) is 6.20 Å². The third-order valence-corrected chi connectivity index (χ3v) is 2.70. The molecule has 0 heterocycles. The number of ether oxygens (including phenoxy) is 1. The van der Waals surface area contributed by atoms with E-state index in [9.17, 15) is 9.59 Å². The van der Waals surface area contributed by atoms with E-state index >= 15 is 0 Å². The molecule has 0 aliphatic rings. The summed E-state index contributed by atoms with van der Waals surface area (Å²) >= 11 is 3.24. The monoisotopic (exact) mass is 315 g/mol. The highest BCUT2D eigenvalue weighted by atomic mass is 79.9. The fourth-order valence-electron chi connectivity index (χ4n) is 1.11. The molecule has 0 amide bonds. The van der Waals surface area contributed by atoms with E-state index in [1.807, 2.05) is 0 Å². The zero-order chi connectivity index (χ0) is 13.7. The molecular weight excluding hydrogens is 306 g/mol. The molecule has 96 valence electrons. The fourth-order valence-corrected chi connectivity index (χ4v) is 1.47. The van der Waals surface area contributed by atoms with Crippen molar-refractivity contribution in [2.75, 3.05) is 12.4 Å². The van der Waals surface area contributed by atoms with Gasteiger partial charge in [-0.25, -0.2) is 9.59 Å². The van der Waals surface area contributed by atoms with Crippen LogP contribution in [0.2, 0.25) is 0 Å². The second kappa shape index (κ2) is 6.06. The molecular formula is C11H10BrNO5. The van der Waals surface area contributed by atoms with Crippen molar-refractivity contribution in [2.45, 2.75) is 0 Å². The maximum atomic E-state index is 10.6. The molecule has 0 saturated carbocycles. The van der Waals surface area contributed by atoms with E-state index in [1.54, 1.807) is 18.2 Å². The molecule has 0 spiro atoms. The second-order valence-electron chi connectivity index (χ2n) is 3.16. The minimum Gasteiger partial charge on any atom is -0.497 e. The second-order valence-corrected chi connectivity index (χ2v) is 4.01. The number of halogens is 1. The number of anilines is 1. The third kappa shape index (κ3) is 3.49.